The first-order chi connectivity index (χ1) is 57.2. The molecule has 0 radical (unpaired) electrons. The van der Waals surface area contributed by atoms with Crippen LogP contribution in [0.2, 0.25) is 0 Å². The second-order valence-corrected chi connectivity index (χ2v) is 34.3. The second-order valence-electron chi connectivity index (χ2n) is 31.4. The number of hydrogen-bond donors (Lipinski definition) is 4. The van der Waals surface area contributed by atoms with E-state index < -0.39 is 91.5 Å². The van der Waals surface area contributed by atoms with Gasteiger partial charge in [-0.1, -0.05) is 411 Å². The fraction of sp³-hybridized carbons (Fsp3) is 0.727. The molecule has 0 heterocycles. The van der Waals surface area contributed by atoms with Gasteiger partial charge in [0.15, 0.2) is 6.10 Å². The van der Waals surface area contributed by atoms with Crippen molar-refractivity contribution in [3.63, 3.8) is 0 Å². The summed E-state index contributed by atoms with van der Waals surface area (Å²) in [6, 6.07) is 0. The number of esters is 3. The number of ether oxygens (including phenoxy) is 3. The largest absolute Gasteiger partial charge is 0.472 e. The highest BCUT2D eigenvalue weighted by Crippen LogP contribution is 2.45. The summed E-state index contributed by atoms with van der Waals surface area (Å²) in [7, 11) is -9.80. The van der Waals surface area contributed by atoms with Gasteiger partial charge < -0.3 is 34.2 Å². The van der Waals surface area contributed by atoms with Crippen LogP contribution in [0.25, 0.3) is 0 Å². The van der Waals surface area contributed by atoms with Crippen LogP contribution in [-0.2, 0) is 55.8 Å². The molecular formula is C99H172O16P2. The molecule has 674 valence electrons. The van der Waals surface area contributed by atoms with Crippen molar-refractivity contribution >= 4 is 33.6 Å². The third-order valence-corrected chi connectivity index (χ3v) is 22.0. The number of carbonyl (C=O) groups is 3. The van der Waals surface area contributed by atoms with Crippen molar-refractivity contribution in [1.82, 2.24) is 0 Å². The predicted octanol–water partition coefficient (Wildman–Crippen LogP) is 29.1. The monoisotopic (exact) mass is 1680 g/mol. The van der Waals surface area contributed by atoms with Crippen LogP contribution in [-0.4, -0.2) is 95.9 Å². The van der Waals surface area contributed by atoms with Crippen LogP contribution in [0.5, 0.6) is 0 Å². The van der Waals surface area contributed by atoms with Gasteiger partial charge in [-0.25, -0.2) is 9.13 Å². The van der Waals surface area contributed by atoms with E-state index in [4.69, 9.17) is 32.3 Å². The molecule has 0 rings (SSSR count). The van der Waals surface area contributed by atoms with E-state index >= 15 is 0 Å². The quantitative estimate of drug-likeness (QED) is 0.0146. The lowest BCUT2D eigenvalue weighted by Crippen LogP contribution is -2.30. The number of aliphatic hydroxyl groups is 2. The summed E-state index contributed by atoms with van der Waals surface area (Å²) in [5.41, 5.74) is 0. The number of phosphoric ester groups is 2. The molecule has 0 aromatic rings. The smallest absolute Gasteiger partial charge is 0.463 e. The highest BCUT2D eigenvalue weighted by molar-refractivity contribution is 7.47. The summed E-state index contributed by atoms with van der Waals surface area (Å²) in [5.74, 6) is -1.56. The molecule has 0 aliphatic rings. The van der Waals surface area contributed by atoms with E-state index in [0.29, 0.717) is 19.3 Å². The minimum absolute atomic E-state index is 0.107. The molecule has 16 nitrogen and oxygen atoms in total. The summed E-state index contributed by atoms with van der Waals surface area (Å²) in [4.78, 5) is 58.9. The third kappa shape index (κ3) is 92.0. The Morgan fingerprint density at radius 2 is 0.453 bits per heavy atom. The van der Waals surface area contributed by atoms with Gasteiger partial charge in [-0.05, 0) is 122 Å². The maximum Gasteiger partial charge on any atom is 0.472 e. The fourth-order valence-corrected chi connectivity index (χ4v) is 14.6. The number of phosphoric acid groups is 2. The van der Waals surface area contributed by atoms with Gasteiger partial charge in [0.05, 0.1) is 26.4 Å². The number of carbonyl (C=O) groups excluding carboxylic acids is 3. The van der Waals surface area contributed by atoms with Crippen molar-refractivity contribution in [2.45, 2.75) is 424 Å². The molecule has 0 saturated heterocycles. The molecule has 0 aliphatic carbocycles. The zero-order chi connectivity index (χ0) is 85.1. The number of hydrogen-bond acceptors (Lipinski definition) is 14. The van der Waals surface area contributed by atoms with Crippen molar-refractivity contribution in [3.8, 4) is 0 Å². The Kier molecular flexibility index (Phi) is 87.1. The average Bonchev–Trinajstić information content (AvgIpc) is 0.886. The van der Waals surface area contributed by atoms with E-state index in [1.807, 2.05) is 0 Å². The molecule has 0 aromatic heterocycles. The Balaban J connectivity index is 4.43. The molecule has 0 amide bonds. The summed E-state index contributed by atoms with van der Waals surface area (Å²) < 4.78 is 61.5. The van der Waals surface area contributed by atoms with Gasteiger partial charge in [-0.3, -0.25) is 32.5 Å². The molecule has 117 heavy (non-hydrogen) atoms. The van der Waals surface area contributed by atoms with Gasteiger partial charge in [0.1, 0.15) is 25.4 Å². The van der Waals surface area contributed by atoms with Crippen LogP contribution in [0.1, 0.15) is 406 Å². The third-order valence-electron chi connectivity index (χ3n) is 20.1. The lowest BCUT2D eigenvalue weighted by Gasteiger charge is -2.21. The first-order valence-electron chi connectivity index (χ1n) is 47.1. The number of unbranched alkanes of at least 4 members (excludes halogenated alkanes) is 42. The summed E-state index contributed by atoms with van der Waals surface area (Å²) in [6.07, 6.45) is 115. The fourth-order valence-electron chi connectivity index (χ4n) is 13.0. The summed E-state index contributed by atoms with van der Waals surface area (Å²) in [5, 5.41) is 20.7. The molecule has 0 saturated carbocycles. The van der Waals surface area contributed by atoms with E-state index in [1.54, 1.807) is 0 Å². The number of rotatable bonds is 89. The van der Waals surface area contributed by atoms with Gasteiger partial charge in [0.25, 0.3) is 0 Å². The highest BCUT2D eigenvalue weighted by atomic mass is 31.2. The van der Waals surface area contributed by atoms with Crippen LogP contribution < -0.4 is 0 Å². The average molecular weight is 1680 g/mol. The van der Waals surface area contributed by atoms with Crippen LogP contribution in [0.15, 0.2) is 146 Å². The number of aliphatic hydroxyl groups excluding tert-OH is 2. The molecule has 0 fully saturated rings. The molecule has 18 heteroatoms. The zero-order valence-electron chi connectivity index (χ0n) is 74.3. The predicted molar refractivity (Wildman–Crippen MR) is 491 cm³/mol. The summed E-state index contributed by atoms with van der Waals surface area (Å²) >= 11 is 0. The molecule has 0 bridgehead atoms. The van der Waals surface area contributed by atoms with Gasteiger partial charge in [0, 0.05) is 19.3 Å². The molecule has 0 aromatic carbocycles. The Hall–Kier alpha value is -4.57. The second kappa shape index (κ2) is 90.7. The molecular weight excluding hydrogens is 1510 g/mol. The van der Waals surface area contributed by atoms with Crippen LogP contribution in [0, 0.1) is 0 Å². The number of allylic oxidation sites excluding steroid dienone is 24. The van der Waals surface area contributed by atoms with Crippen LogP contribution in [0.4, 0.5) is 0 Å². The molecule has 0 aliphatic heterocycles. The van der Waals surface area contributed by atoms with E-state index in [-0.39, 0.29) is 19.3 Å². The summed E-state index contributed by atoms with van der Waals surface area (Å²) in [6.45, 7) is 2.52. The van der Waals surface area contributed by atoms with E-state index in [0.717, 1.165) is 154 Å². The topological polar surface area (TPSA) is 231 Å². The van der Waals surface area contributed by atoms with Crippen LogP contribution in [0.3, 0.4) is 0 Å². The van der Waals surface area contributed by atoms with Crippen LogP contribution >= 0.6 is 15.6 Å². The standard InChI is InChI=1S/C99H172O16P2/c1-4-7-10-13-16-19-22-25-28-30-32-34-36-38-40-42-44-45-46-47-49-51-52-54-56-58-60-62-65-67-70-73-76-79-82-85-97(102)109-88-94(100)89-111-116(105,106)112-90-95(101)91-113-117(107,108)114-93-96(115-99(104)87-84-81-78-75-72-69-64-27-24-21-18-15-12-9-6-3)92-110-98(103)86-83-80-77-74-71-68-66-63-61-59-57-55-53-50-48-43-41-39-37-35-33-31-29-26-23-20-17-14-11-8-5-2/h7-8,10-11,16-17,19-20,25-26,28-29,32-35,38-41,44-45,48,50,94-96,100-101H,4-6,9,12-15,18,21-24,27,30-31,36-37,42-43,46-47,49,51-93H2,1-3H3,(H,105,106)(H,107,108)/b10-7-,11-8-,19-16-,20-17-,28-25-,29-26-,34-32-,35-33-,40-38-,41-39-,45-44-,50-48-. The van der Waals surface area contributed by atoms with E-state index in [9.17, 15) is 43.5 Å². The minimum Gasteiger partial charge on any atom is -0.463 e. The highest BCUT2D eigenvalue weighted by Gasteiger charge is 2.30. The van der Waals surface area contributed by atoms with Crippen molar-refractivity contribution in [1.29, 1.82) is 0 Å². The van der Waals surface area contributed by atoms with Gasteiger partial charge in [-0.2, -0.15) is 0 Å². The lowest BCUT2D eigenvalue weighted by molar-refractivity contribution is -0.161. The maximum atomic E-state index is 13.0. The Bertz CT molecular complexity index is 2710. The molecule has 4 N–H and O–H groups in total. The molecule has 0 spiro atoms. The molecule has 5 atom stereocenters. The SMILES string of the molecule is CC/C=C\C/C=C\C/C=C\C/C=C\C/C=C\C/C=C\CCCCCCCCCCCCCCCCCCC(=O)OCC(O)COP(=O)(O)OCC(O)COP(=O)(O)OCC(COC(=O)CCCCCCCCCCCCCC/C=C\C/C=C\C/C=C\C/C=C\C/C=C\C/C=C\CC)OC(=O)CCCCCCCCCCCCCCCCC. The lowest BCUT2D eigenvalue weighted by atomic mass is 10.0. The van der Waals surface area contributed by atoms with E-state index in [1.165, 1.54) is 193 Å². The Morgan fingerprint density at radius 1 is 0.248 bits per heavy atom. The first kappa shape index (κ1) is 112. The van der Waals surface area contributed by atoms with E-state index in [2.05, 4.69) is 167 Å². The van der Waals surface area contributed by atoms with Gasteiger partial charge >= 0.3 is 33.6 Å². The Labute approximate surface area is 715 Å². The van der Waals surface area contributed by atoms with Gasteiger partial charge in [0.2, 0.25) is 0 Å². The van der Waals surface area contributed by atoms with Crippen molar-refractivity contribution in [2.24, 2.45) is 0 Å². The van der Waals surface area contributed by atoms with Crippen molar-refractivity contribution < 1.29 is 75.8 Å². The molecule has 5 unspecified atom stereocenters. The normalized spacial score (nSPS) is 14.4. The Morgan fingerprint density at radius 3 is 0.718 bits per heavy atom. The minimum atomic E-state index is -4.94. The zero-order valence-corrected chi connectivity index (χ0v) is 76.1. The maximum absolute atomic E-state index is 13.0. The van der Waals surface area contributed by atoms with Crippen molar-refractivity contribution in [2.75, 3.05) is 39.6 Å². The first-order valence-corrected chi connectivity index (χ1v) is 50.1. The van der Waals surface area contributed by atoms with Gasteiger partial charge in [-0.15, -0.1) is 0 Å². The van der Waals surface area contributed by atoms with Crippen molar-refractivity contribution in [3.05, 3.63) is 146 Å².